The van der Waals surface area contributed by atoms with Crippen LogP contribution in [0.5, 0.6) is 0 Å². The van der Waals surface area contributed by atoms with Crippen molar-refractivity contribution in [2.75, 3.05) is 10.6 Å². The fourth-order valence-corrected chi connectivity index (χ4v) is 3.58. The summed E-state index contributed by atoms with van der Waals surface area (Å²) in [5.41, 5.74) is 2.45. The van der Waals surface area contributed by atoms with Crippen LogP contribution in [0.3, 0.4) is 0 Å². The zero-order chi connectivity index (χ0) is 20.1. The van der Waals surface area contributed by atoms with Gasteiger partial charge in [-0.2, -0.15) is 0 Å². The second-order valence-corrected chi connectivity index (χ2v) is 7.48. The van der Waals surface area contributed by atoms with E-state index in [-0.39, 0.29) is 5.91 Å². The molecular weight excluding hydrogens is 386 g/mol. The summed E-state index contributed by atoms with van der Waals surface area (Å²) in [7, 11) is 0. The predicted octanol–water partition coefficient (Wildman–Crippen LogP) is 5.90. The van der Waals surface area contributed by atoms with Gasteiger partial charge in [0.05, 0.1) is 24.1 Å². The van der Waals surface area contributed by atoms with E-state index >= 15 is 0 Å². The van der Waals surface area contributed by atoms with Crippen LogP contribution >= 0.6 is 11.6 Å². The summed E-state index contributed by atoms with van der Waals surface area (Å²) in [6.07, 6.45) is 8.57. The number of para-hydroxylation sites is 2. The molecule has 0 bridgehead atoms. The lowest BCUT2D eigenvalue weighted by atomic mass is 10.0. The SMILES string of the molecule is O=C(CC1C=CCC1)Nc1ccccc1NCc1ncc(-c2cccc(Cl)c2)o1. The standard InChI is InChI=1S/C23H22ClN3O2/c24-18-9-5-8-17(13-18)21-14-26-23(29-21)15-25-19-10-3-4-11-20(19)27-22(28)12-16-6-1-2-7-16/h1,3-6,8-11,13-14,16,25H,2,7,12,15H2,(H,27,28). The molecule has 1 aromatic heterocycles. The largest absolute Gasteiger partial charge is 0.439 e. The van der Waals surface area contributed by atoms with Gasteiger partial charge >= 0.3 is 0 Å². The minimum atomic E-state index is 0.0233. The number of benzene rings is 2. The molecule has 0 fully saturated rings. The van der Waals surface area contributed by atoms with Crippen molar-refractivity contribution in [3.05, 3.63) is 77.8 Å². The molecule has 0 saturated carbocycles. The second kappa shape index (κ2) is 8.97. The third-order valence-electron chi connectivity index (χ3n) is 4.85. The second-order valence-electron chi connectivity index (χ2n) is 7.05. The van der Waals surface area contributed by atoms with Crippen molar-refractivity contribution in [2.24, 2.45) is 5.92 Å². The summed E-state index contributed by atoms with van der Waals surface area (Å²) in [6, 6.07) is 15.1. The normalized spacial score (nSPS) is 15.4. The lowest BCUT2D eigenvalue weighted by Gasteiger charge is -2.13. The van der Waals surface area contributed by atoms with Crippen molar-refractivity contribution < 1.29 is 9.21 Å². The number of allylic oxidation sites excluding steroid dienone is 2. The summed E-state index contributed by atoms with van der Waals surface area (Å²) in [5, 5.41) is 6.95. The Hall–Kier alpha value is -3.05. The van der Waals surface area contributed by atoms with Crippen LogP contribution in [0.2, 0.25) is 5.02 Å². The van der Waals surface area contributed by atoms with Crippen molar-refractivity contribution in [3.63, 3.8) is 0 Å². The van der Waals surface area contributed by atoms with Crippen LogP contribution in [-0.2, 0) is 11.3 Å². The highest BCUT2D eigenvalue weighted by atomic mass is 35.5. The Bertz CT molecular complexity index is 1030. The highest BCUT2D eigenvalue weighted by molar-refractivity contribution is 6.30. The van der Waals surface area contributed by atoms with E-state index in [0.717, 1.165) is 29.8 Å². The first kappa shape index (κ1) is 19.3. The Morgan fingerprint density at radius 1 is 1.17 bits per heavy atom. The number of hydrogen-bond donors (Lipinski definition) is 2. The molecule has 0 saturated heterocycles. The van der Waals surface area contributed by atoms with Gasteiger partial charge in [-0.25, -0.2) is 4.98 Å². The first-order chi connectivity index (χ1) is 14.2. The van der Waals surface area contributed by atoms with Gasteiger partial charge < -0.3 is 15.1 Å². The molecule has 148 valence electrons. The average Bonchev–Trinajstić information content (AvgIpc) is 3.39. The van der Waals surface area contributed by atoms with Crippen LogP contribution in [0.15, 0.2) is 71.3 Å². The fraction of sp³-hybridized carbons (Fsp3) is 0.217. The van der Waals surface area contributed by atoms with Gasteiger partial charge in [0.2, 0.25) is 11.8 Å². The average molecular weight is 408 g/mol. The Kier molecular flexibility index (Phi) is 5.96. The summed E-state index contributed by atoms with van der Waals surface area (Å²) in [5.74, 6) is 1.58. The Labute approximate surface area is 174 Å². The number of nitrogens with one attached hydrogen (secondary N) is 2. The van der Waals surface area contributed by atoms with E-state index in [9.17, 15) is 4.79 Å². The maximum atomic E-state index is 12.4. The number of nitrogens with zero attached hydrogens (tertiary/aromatic N) is 1. The van der Waals surface area contributed by atoms with Gasteiger partial charge in [-0.3, -0.25) is 4.79 Å². The maximum absolute atomic E-state index is 12.4. The fourth-order valence-electron chi connectivity index (χ4n) is 3.39. The van der Waals surface area contributed by atoms with Crippen LogP contribution in [0, 0.1) is 5.92 Å². The number of halogens is 1. The third kappa shape index (κ3) is 5.06. The van der Waals surface area contributed by atoms with Crippen LogP contribution in [-0.4, -0.2) is 10.9 Å². The molecule has 1 amide bonds. The number of rotatable bonds is 7. The molecule has 6 heteroatoms. The van der Waals surface area contributed by atoms with Crippen LogP contribution in [0.4, 0.5) is 11.4 Å². The number of aromatic nitrogens is 1. The van der Waals surface area contributed by atoms with Gasteiger partial charge in [0.15, 0.2) is 5.76 Å². The molecule has 2 aromatic carbocycles. The molecule has 0 aliphatic heterocycles. The molecule has 1 heterocycles. The number of amides is 1. The lowest BCUT2D eigenvalue weighted by molar-refractivity contribution is -0.116. The van der Waals surface area contributed by atoms with E-state index in [1.165, 1.54) is 0 Å². The number of carbonyl (C=O) groups excluding carboxylic acids is 1. The Morgan fingerprint density at radius 2 is 2.03 bits per heavy atom. The third-order valence-corrected chi connectivity index (χ3v) is 5.09. The summed E-state index contributed by atoms with van der Waals surface area (Å²) < 4.78 is 5.83. The van der Waals surface area contributed by atoms with E-state index in [2.05, 4.69) is 27.8 Å². The van der Waals surface area contributed by atoms with E-state index in [0.29, 0.717) is 35.6 Å². The first-order valence-corrected chi connectivity index (χ1v) is 10.1. The molecule has 1 aliphatic rings. The van der Waals surface area contributed by atoms with Gasteiger partial charge in [-0.05, 0) is 43.0 Å². The molecule has 1 aliphatic carbocycles. The molecule has 0 spiro atoms. The molecule has 1 unspecified atom stereocenters. The van der Waals surface area contributed by atoms with Crippen LogP contribution in [0.1, 0.15) is 25.2 Å². The minimum Gasteiger partial charge on any atom is -0.439 e. The quantitative estimate of drug-likeness (QED) is 0.478. The number of carbonyl (C=O) groups is 1. The number of anilines is 2. The van der Waals surface area contributed by atoms with Crippen molar-refractivity contribution in [2.45, 2.75) is 25.8 Å². The molecule has 2 N–H and O–H groups in total. The van der Waals surface area contributed by atoms with Gasteiger partial charge in [0, 0.05) is 17.0 Å². The minimum absolute atomic E-state index is 0.0233. The van der Waals surface area contributed by atoms with Crippen LogP contribution < -0.4 is 10.6 Å². The van der Waals surface area contributed by atoms with Gasteiger partial charge in [-0.1, -0.05) is 48.0 Å². The van der Waals surface area contributed by atoms with Crippen molar-refractivity contribution >= 4 is 28.9 Å². The lowest BCUT2D eigenvalue weighted by Crippen LogP contribution is -2.16. The zero-order valence-electron chi connectivity index (χ0n) is 15.9. The number of oxazole rings is 1. The summed E-state index contributed by atoms with van der Waals surface area (Å²) in [6.45, 7) is 0.402. The Balaban J connectivity index is 1.39. The van der Waals surface area contributed by atoms with Crippen LogP contribution in [0.25, 0.3) is 11.3 Å². The topological polar surface area (TPSA) is 67.2 Å². The molecule has 29 heavy (non-hydrogen) atoms. The van der Waals surface area contributed by atoms with E-state index in [1.54, 1.807) is 6.20 Å². The van der Waals surface area contributed by atoms with Crippen molar-refractivity contribution in [3.8, 4) is 11.3 Å². The molecule has 5 nitrogen and oxygen atoms in total. The van der Waals surface area contributed by atoms with E-state index < -0.39 is 0 Å². The van der Waals surface area contributed by atoms with Crippen molar-refractivity contribution in [1.29, 1.82) is 0 Å². The monoisotopic (exact) mass is 407 g/mol. The zero-order valence-corrected chi connectivity index (χ0v) is 16.7. The molecule has 1 atom stereocenters. The van der Waals surface area contributed by atoms with Gasteiger partial charge in [-0.15, -0.1) is 0 Å². The van der Waals surface area contributed by atoms with Crippen molar-refractivity contribution in [1.82, 2.24) is 4.98 Å². The molecule has 3 aromatic rings. The molecule has 0 radical (unpaired) electrons. The van der Waals surface area contributed by atoms with Gasteiger partial charge in [0.25, 0.3) is 0 Å². The summed E-state index contributed by atoms with van der Waals surface area (Å²) in [4.78, 5) is 16.7. The maximum Gasteiger partial charge on any atom is 0.225 e. The number of hydrogen-bond acceptors (Lipinski definition) is 4. The molecule has 4 rings (SSSR count). The first-order valence-electron chi connectivity index (χ1n) is 9.67. The highest BCUT2D eigenvalue weighted by Gasteiger charge is 2.15. The van der Waals surface area contributed by atoms with E-state index in [4.69, 9.17) is 16.0 Å². The van der Waals surface area contributed by atoms with E-state index in [1.807, 2.05) is 48.5 Å². The molecular formula is C23H22ClN3O2. The smallest absolute Gasteiger partial charge is 0.225 e. The summed E-state index contributed by atoms with van der Waals surface area (Å²) >= 11 is 6.04. The highest BCUT2D eigenvalue weighted by Crippen LogP contribution is 2.26. The van der Waals surface area contributed by atoms with Gasteiger partial charge in [0.1, 0.15) is 0 Å². The predicted molar refractivity (Wildman–Crippen MR) is 116 cm³/mol. The Morgan fingerprint density at radius 3 is 2.83 bits per heavy atom.